The summed E-state index contributed by atoms with van der Waals surface area (Å²) in [7, 11) is 0. The summed E-state index contributed by atoms with van der Waals surface area (Å²) in [6.45, 7) is 0.788. The Balaban J connectivity index is 1.71. The zero-order valence-corrected chi connectivity index (χ0v) is 19.7. The number of amides is 2. The van der Waals surface area contributed by atoms with Crippen molar-refractivity contribution in [1.29, 1.82) is 0 Å². The summed E-state index contributed by atoms with van der Waals surface area (Å²) in [6.07, 6.45) is 5.34. The third-order valence-corrected chi connectivity index (χ3v) is 7.54. The lowest BCUT2D eigenvalue weighted by Crippen LogP contribution is -2.48. The van der Waals surface area contributed by atoms with Crippen LogP contribution in [0.3, 0.4) is 0 Å². The Kier molecular flexibility index (Phi) is 7.66. The Bertz CT molecular complexity index is 960. The minimum atomic E-state index is -0.982. The minimum Gasteiger partial charge on any atom is -0.376 e. The number of aromatic nitrogens is 1. The fourth-order valence-corrected chi connectivity index (χ4v) is 5.30. The molecule has 0 spiro atoms. The minimum absolute atomic E-state index is 0.000409. The number of halogens is 3. The largest absolute Gasteiger partial charge is 0.376 e. The molecule has 1 saturated heterocycles. The smallest absolute Gasteiger partial charge is 0.276 e. The van der Waals surface area contributed by atoms with Crippen LogP contribution in [0, 0.1) is 5.82 Å². The van der Waals surface area contributed by atoms with Crippen molar-refractivity contribution in [3.8, 4) is 0 Å². The maximum atomic E-state index is 13.6. The van der Waals surface area contributed by atoms with Crippen LogP contribution in [0.25, 0.3) is 0 Å². The van der Waals surface area contributed by atoms with Crippen LogP contribution in [0.2, 0.25) is 9.36 Å². The molecule has 2 aromatic rings. The number of nitrogens with one attached hydrogen (secondary N) is 1. The van der Waals surface area contributed by atoms with Gasteiger partial charge in [-0.2, -0.15) is 4.37 Å². The van der Waals surface area contributed by atoms with Crippen LogP contribution in [0.5, 0.6) is 0 Å². The first kappa shape index (κ1) is 23.4. The Morgan fingerprint density at radius 3 is 2.50 bits per heavy atom. The maximum Gasteiger partial charge on any atom is 0.276 e. The third-order valence-electron chi connectivity index (χ3n) is 5.93. The molecule has 1 N–H and O–H groups in total. The van der Waals surface area contributed by atoms with Crippen LogP contribution in [-0.4, -0.2) is 46.4 Å². The summed E-state index contributed by atoms with van der Waals surface area (Å²) in [5.74, 6) is -1.24. The van der Waals surface area contributed by atoms with Gasteiger partial charge in [-0.1, -0.05) is 48.2 Å². The zero-order valence-electron chi connectivity index (χ0n) is 17.4. The van der Waals surface area contributed by atoms with Crippen molar-refractivity contribution in [1.82, 2.24) is 14.6 Å². The van der Waals surface area contributed by atoms with Crippen molar-refractivity contribution in [2.75, 3.05) is 13.2 Å². The van der Waals surface area contributed by atoms with Crippen molar-refractivity contribution < 1.29 is 18.7 Å². The highest BCUT2D eigenvalue weighted by Gasteiger charge is 2.37. The molecule has 2 atom stereocenters. The normalized spacial score (nSPS) is 19.8. The van der Waals surface area contributed by atoms with Gasteiger partial charge in [0, 0.05) is 19.2 Å². The number of rotatable bonds is 7. The van der Waals surface area contributed by atoms with Crippen molar-refractivity contribution in [3.05, 3.63) is 50.7 Å². The molecule has 2 heterocycles. The topological polar surface area (TPSA) is 71.5 Å². The second-order valence-corrected chi connectivity index (χ2v) is 9.91. The molecule has 1 aliphatic heterocycles. The van der Waals surface area contributed by atoms with Gasteiger partial charge in [0.2, 0.25) is 5.91 Å². The van der Waals surface area contributed by atoms with Crippen molar-refractivity contribution in [2.24, 2.45) is 0 Å². The quantitative estimate of drug-likeness (QED) is 0.580. The van der Waals surface area contributed by atoms with Crippen molar-refractivity contribution in [3.63, 3.8) is 0 Å². The summed E-state index contributed by atoms with van der Waals surface area (Å²) in [6, 6.07) is 4.70. The lowest BCUT2D eigenvalue weighted by Gasteiger charge is -2.33. The van der Waals surface area contributed by atoms with E-state index in [2.05, 4.69) is 9.69 Å². The molecule has 6 nitrogen and oxygen atoms in total. The Labute approximate surface area is 200 Å². The fourth-order valence-electron chi connectivity index (χ4n) is 4.31. The van der Waals surface area contributed by atoms with E-state index in [1.54, 1.807) is 0 Å². The molecule has 0 bridgehead atoms. The average molecular weight is 500 g/mol. The Hall–Kier alpha value is -1.74. The molecule has 1 aromatic heterocycles. The first-order chi connectivity index (χ1) is 15.4. The number of carbonyl (C=O) groups is 2. The second-order valence-electron chi connectivity index (χ2n) is 8.16. The lowest BCUT2D eigenvalue weighted by atomic mass is 10.0. The highest BCUT2D eigenvalue weighted by Crippen LogP contribution is 2.33. The summed E-state index contributed by atoms with van der Waals surface area (Å²) in [5.41, 5.74) is 0.506. The van der Waals surface area contributed by atoms with Gasteiger partial charge in [-0.15, -0.1) is 0 Å². The highest BCUT2D eigenvalue weighted by molar-refractivity contribution is 7.11. The van der Waals surface area contributed by atoms with E-state index in [-0.39, 0.29) is 39.7 Å². The van der Waals surface area contributed by atoms with Gasteiger partial charge in [-0.05, 0) is 54.9 Å². The van der Waals surface area contributed by atoms with Crippen LogP contribution in [-0.2, 0) is 9.53 Å². The van der Waals surface area contributed by atoms with Gasteiger partial charge >= 0.3 is 0 Å². The molecule has 10 heteroatoms. The number of carbonyl (C=O) groups excluding carboxylic acids is 2. The molecule has 1 saturated carbocycles. The van der Waals surface area contributed by atoms with Crippen LogP contribution >= 0.6 is 34.7 Å². The van der Waals surface area contributed by atoms with Gasteiger partial charge in [0.05, 0.1) is 6.10 Å². The summed E-state index contributed by atoms with van der Waals surface area (Å²) >= 11 is 13.2. The van der Waals surface area contributed by atoms with Crippen LogP contribution in [0.1, 0.15) is 60.6 Å². The summed E-state index contributed by atoms with van der Waals surface area (Å²) in [4.78, 5) is 28.6. The van der Waals surface area contributed by atoms with Crippen LogP contribution in [0.15, 0.2) is 24.3 Å². The molecule has 32 heavy (non-hydrogen) atoms. The molecule has 172 valence electrons. The third kappa shape index (κ3) is 5.25. The molecule has 1 aromatic carbocycles. The van der Waals surface area contributed by atoms with E-state index < -0.39 is 17.8 Å². The summed E-state index contributed by atoms with van der Waals surface area (Å²) in [5, 5.41) is 3.14. The molecular weight excluding hydrogens is 476 g/mol. The Morgan fingerprint density at radius 1 is 1.19 bits per heavy atom. The molecule has 4 rings (SSSR count). The highest BCUT2D eigenvalue weighted by atomic mass is 35.5. The van der Waals surface area contributed by atoms with Crippen molar-refractivity contribution >= 4 is 46.5 Å². The molecule has 2 unspecified atom stereocenters. The molecule has 1 aliphatic carbocycles. The molecule has 2 amide bonds. The fraction of sp³-hybridized carbons (Fsp3) is 0.500. The van der Waals surface area contributed by atoms with Gasteiger partial charge in [0.1, 0.15) is 21.2 Å². The number of hydrogen-bond donors (Lipinski definition) is 1. The first-order valence-electron chi connectivity index (χ1n) is 10.7. The van der Waals surface area contributed by atoms with Gasteiger partial charge in [0.15, 0.2) is 5.69 Å². The van der Waals surface area contributed by atoms with Crippen molar-refractivity contribution in [2.45, 2.75) is 56.7 Å². The number of hydrogen-bond acceptors (Lipinski definition) is 5. The lowest BCUT2D eigenvalue weighted by molar-refractivity contribution is -0.127. The molecule has 2 fully saturated rings. The van der Waals surface area contributed by atoms with Gasteiger partial charge < -0.3 is 15.0 Å². The maximum absolute atomic E-state index is 13.6. The van der Waals surface area contributed by atoms with E-state index in [1.165, 1.54) is 29.2 Å². The molecule has 0 radical (unpaired) electrons. The van der Waals surface area contributed by atoms with E-state index in [0.717, 1.165) is 50.1 Å². The van der Waals surface area contributed by atoms with E-state index in [9.17, 15) is 14.0 Å². The molecule has 2 aliphatic rings. The SMILES string of the molecule is O=C(NC1CCCC1)C(c1ccc(F)cc1)N(CC1CCCO1)C(=O)c1nsc(Cl)c1Cl. The van der Waals surface area contributed by atoms with E-state index in [1.807, 2.05) is 0 Å². The Morgan fingerprint density at radius 2 is 1.91 bits per heavy atom. The van der Waals surface area contributed by atoms with Gasteiger partial charge in [-0.25, -0.2) is 4.39 Å². The van der Waals surface area contributed by atoms with E-state index in [4.69, 9.17) is 27.9 Å². The molecular formula is C22H24Cl2FN3O3S. The average Bonchev–Trinajstić information content (AvgIpc) is 3.53. The predicted octanol–water partition coefficient (Wildman–Crippen LogP) is 5.01. The second kappa shape index (κ2) is 10.5. The summed E-state index contributed by atoms with van der Waals surface area (Å²) < 4.78 is 23.7. The zero-order chi connectivity index (χ0) is 22.7. The number of ether oxygens (including phenoxy) is 1. The number of nitrogens with zero attached hydrogens (tertiary/aromatic N) is 2. The van der Waals surface area contributed by atoms with Crippen LogP contribution < -0.4 is 5.32 Å². The monoisotopic (exact) mass is 499 g/mol. The van der Waals surface area contributed by atoms with Crippen LogP contribution in [0.4, 0.5) is 4.39 Å². The first-order valence-corrected chi connectivity index (χ1v) is 12.3. The van der Waals surface area contributed by atoms with Gasteiger partial charge in [0.25, 0.3) is 5.91 Å². The number of benzene rings is 1. The van der Waals surface area contributed by atoms with Gasteiger partial charge in [-0.3, -0.25) is 9.59 Å². The van der Waals surface area contributed by atoms with E-state index >= 15 is 0 Å². The standard InChI is InChI=1S/C22H24Cl2FN3O3S/c23-17-18(27-32-20(17)24)22(30)28(12-16-6-3-11-31-16)19(13-7-9-14(25)10-8-13)21(29)26-15-4-1-2-5-15/h7-10,15-16,19H,1-6,11-12H2,(H,26,29). The predicted molar refractivity (Wildman–Crippen MR) is 122 cm³/mol. The van der Waals surface area contributed by atoms with E-state index in [0.29, 0.717) is 12.2 Å².